The monoisotopic (exact) mass is 320 g/mol. The van der Waals surface area contributed by atoms with E-state index in [1.165, 1.54) is 0 Å². The summed E-state index contributed by atoms with van der Waals surface area (Å²) >= 11 is 3.42. The van der Waals surface area contributed by atoms with Crippen molar-refractivity contribution < 1.29 is 4.79 Å². The minimum absolute atomic E-state index is 0. The lowest BCUT2D eigenvalue weighted by Crippen LogP contribution is -2.41. The van der Waals surface area contributed by atoms with Crippen molar-refractivity contribution in [1.82, 2.24) is 10.2 Å². The lowest BCUT2D eigenvalue weighted by molar-refractivity contribution is -0.130. The molecule has 0 aliphatic heterocycles. The molecule has 0 saturated heterocycles. The summed E-state index contributed by atoms with van der Waals surface area (Å²) in [5.41, 5.74) is 1.16. The predicted molar refractivity (Wildman–Crippen MR) is 76.4 cm³/mol. The van der Waals surface area contributed by atoms with E-state index >= 15 is 0 Å². The second kappa shape index (κ2) is 7.69. The van der Waals surface area contributed by atoms with Gasteiger partial charge in [0.1, 0.15) is 0 Å². The third kappa shape index (κ3) is 5.52. The van der Waals surface area contributed by atoms with Crippen LogP contribution >= 0.6 is 28.3 Å². The maximum atomic E-state index is 11.6. The Balaban J connectivity index is 0.00000256. The van der Waals surface area contributed by atoms with Crippen LogP contribution in [0, 0.1) is 0 Å². The molecule has 0 heterocycles. The summed E-state index contributed by atoms with van der Waals surface area (Å²) in [5, 5.41) is 3.20. The Labute approximate surface area is 117 Å². The van der Waals surface area contributed by atoms with Gasteiger partial charge in [0.2, 0.25) is 5.91 Å². The van der Waals surface area contributed by atoms with Crippen LogP contribution in [0.15, 0.2) is 28.7 Å². The fourth-order valence-electron chi connectivity index (χ4n) is 1.39. The van der Waals surface area contributed by atoms with E-state index in [0.717, 1.165) is 10.0 Å². The molecule has 0 aromatic heterocycles. The molecule has 17 heavy (non-hydrogen) atoms. The van der Waals surface area contributed by atoms with E-state index in [0.29, 0.717) is 6.54 Å². The number of benzene rings is 1. The van der Waals surface area contributed by atoms with E-state index in [-0.39, 0.29) is 24.4 Å². The van der Waals surface area contributed by atoms with Gasteiger partial charge in [0.15, 0.2) is 0 Å². The first-order valence-corrected chi connectivity index (χ1v) is 5.99. The largest absolute Gasteiger partial charge is 0.347 e. The Morgan fingerprint density at radius 1 is 1.47 bits per heavy atom. The lowest BCUT2D eigenvalue weighted by Gasteiger charge is -2.18. The molecule has 0 spiro atoms. The standard InChI is InChI=1S/C12H17BrN2O.ClH/c1-9(12(16)15(2)3)14-8-10-5-4-6-11(13)7-10;/h4-7,9,14H,8H2,1-3H3;1H/t9-;/m1./s1. The summed E-state index contributed by atoms with van der Waals surface area (Å²) in [5.74, 6) is 0.0926. The van der Waals surface area contributed by atoms with Gasteiger partial charge in [-0.3, -0.25) is 4.79 Å². The Bertz CT molecular complexity index is 371. The van der Waals surface area contributed by atoms with Gasteiger partial charge < -0.3 is 10.2 Å². The van der Waals surface area contributed by atoms with Gasteiger partial charge in [0, 0.05) is 25.1 Å². The molecule has 0 fully saturated rings. The molecule has 1 amide bonds. The summed E-state index contributed by atoms with van der Waals surface area (Å²) in [6.07, 6.45) is 0. The molecule has 1 rings (SSSR count). The fraction of sp³-hybridized carbons (Fsp3) is 0.417. The molecule has 0 radical (unpaired) electrons. The van der Waals surface area contributed by atoms with Crippen LogP contribution in [0.2, 0.25) is 0 Å². The Kier molecular flexibility index (Phi) is 7.43. The van der Waals surface area contributed by atoms with Crippen LogP contribution < -0.4 is 5.32 Å². The van der Waals surface area contributed by atoms with Gasteiger partial charge in [-0.05, 0) is 24.6 Å². The molecule has 1 atom stereocenters. The van der Waals surface area contributed by atoms with Crippen LogP contribution in [0.3, 0.4) is 0 Å². The maximum absolute atomic E-state index is 11.6. The predicted octanol–water partition coefficient (Wildman–Crippen LogP) is 2.44. The number of carbonyl (C=O) groups excluding carboxylic acids is 1. The fourth-order valence-corrected chi connectivity index (χ4v) is 1.84. The SMILES string of the molecule is C[C@@H](NCc1cccc(Br)c1)C(=O)N(C)C.Cl. The number of hydrogen-bond acceptors (Lipinski definition) is 2. The van der Waals surface area contributed by atoms with Crippen molar-refractivity contribution in [1.29, 1.82) is 0 Å². The summed E-state index contributed by atoms with van der Waals surface area (Å²) in [6.45, 7) is 2.57. The topological polar surface area (TPSA) is 32.3 Å². The van der Waals surface area contributed by atoms with Gasteiger partial charge in [0.05, 0.1) is 6.04 Å². The van der Waals surface area contributed by atoms with Gasteiger partial charge in [0.25, 0.3) is 0 Å². The molecule has 1 aromatic carbocycles. The van der Waals surface area contributed by atoms with E-state index in [4.69, 9.17) is 0 Å². The number of rotatable bonds is 4. The average molecular weight is 322 g/mol. The first kappa shape index (κ1) is 16.4. The van der Waals surface area contributed by atoms with E-state index in [9.17, 15) is 4.79 Å². The molecule has 0 unspecified atom stereocenters. The van der Waals surface area contributed by atoms with Crippen molar-refractivity contribution in [3.8, 4) is 0 Å². The number of likely N-dealkylation sites (N-methyl/N-ethyl adjacent to an activating group) is 1. The average Bonchev–Trinajstić information content (AvgIpc) is 2.24. The summed E-state index contributed by atoms with van der Waals surface area (Å²) in [4.78, 5) is 13.2. The molecule has 0 aliphatic rings. The van der Waals surface area contributed by atoms with Crippen molar-refractivity contribution in [2.45, 2.75) is 19.5 Å². The van der Waals surface area contributed by atoms with Gasteiger partial charge in [-0.15, -0.1) is 12.4 Å². The molecule has 1 aromatic rings. The van der Waals surface area contributed by atoms with Crippen LogP contribution in [-0.2, 0) is 11.3 Å². The number of nitrogens with one attached hydrogen (secondary N) is 1. The van der Waals surface area contributed by atoms with Crippen LogP contribution in [0.1, 0.15) is 12.5 Å². The van der Waals surface area contributed by atoms with Crippen molar-refractivity contribution in [2.75, 3.05) is 14.1 Å². The summed E-state index contributed by atoms with van der Waals surface area (Å²) in [6, 6.07) is 7.89. The molecule has 0 aliphatic carbocycles. The first-order valence-electron chi connectivity index (χ1n) is 5.19. The maximum Gasteiger partial charge on any atom is 0.238 e. The molecule has 1 N–H and O–H groups in total. The molecule has 96 valence electrons. The van der Waals surface area contributed by atoms with Crippen molar-refractivity contribution in [2.24, 2.45) is 0 Å². The highest BCUT2D eigenvalue weighted by Gasteiger charge is 2.13. The lowest BCUT2D eigenvalue weighted by atomic mass is 10.2. The number of nitrogens with zero attached hydrogens (tertiary/aromatic N) is 1. The van der Waals surface area contributed by atoms with Crippen molar-refractivity contribution in [3.63, 3.8) is 0 Å². The second-order valence-electron chi connectivity index (χ2n) is 3.97. The van der Waals surface area contributed by atoms with Gasteiger partial charge in [-0.25, -0.2) is 0 Å². The molecule has 3 nitrogen and oxygen atoms in total. The van der Waals surface area contributed by atoms with Crippen molar-refractivity contribution >= 4 is 34.2 Å². The molecule has 0 saturated carbocycles. The Morgan fingerprint density at radius 3 is 2.65 bits per heavy atom. The minimum Gasteiger partial charge on any atom is -0.347 e. The molecular formula is C12H18BrClN2O. The van der Waals surface area contributed by atoms with Crippen molar-refractivity contribution in [3.05, 3.63) is 34.3 Å². The smallest absolute Gasteiger partial charge is 0.238 e. The highest BCUT2D eigenvalue weighted by atomic mass is 79.9. The second-order valence-corrected chi connectivity index (χ2v) is 4.88. The van der Waals surface area contributed by atoms with E-state index < -0.39 is 0 Å². The number of halogens is 2. The number of amides is 1. The molecular weight excluding hydrogens is 304 g/mol. The number of hydrogen-bond donors (Lipinski definition) is 1. The normalized spacial score (nSPS) is 11.5. The zero-order valence-electron chi connectivity index (χ0n) is 10.2. The summed E-state index contributed by atoms with van der Waals surface area (Å²) < 4.78 is 1.05. The van der Waals surface area contributed by atoms with Gasteiger partial charge in [-0.1, -0.05) is 28.1 Å². The quantitative estimate of drug-likeness (QED) is 0.924. The van der Waals surface area contributed by atoms with Gasteiger partial charge >= 0.3 is 0 Å². The Hall–Kier alpha value is -0.580. The highest BCUT2D eigenvalue weighted by Crippen LogP contribution is 2.11. The van der Waals surface area contributed by atoms with E-state index in [1.807, 2.05) is 31.2 Å². The van der Waals surface area contributed by atoms with Gasteiger partial charge in [-0.2, -0.15) is 0 Å². The zero-order chi connectivity index (χ0) is 12.1. The minimum atomic E-state index is -0.158. The Morgan fingerprint density at radius 2 is 2.12 bits per heavy atom. The number of carbonyl (C=O) groups is 1. The van der Waals surface area contributed by atoms with Crippen LogP contribution in [0.25, 0.3) is 0 Å². The van der Waals surface area contributed by atoms with Crippen LogP contribution in [-0.4, -0.2) is 30.9 Å². The highest BCUT2D eigenvalue weighted by molar-refractivity contribution is 9.10. The third-order valence-corrected chi connectivity index (χ3v) is 2.81. The van der Waals surface area contributed by atoms with E-state index in [1.54, 1.807) is 19.0 Å². The molecule has 5 heteroatoms. The first-order chi connectivity index (χ1) is 7.50. The zero-order valence-corrected chi connectivity index (χ0v) is 12.6. The van der Waals surface area contributed by atoms with Crippen LogP contribution in [0.4, 0.5) is 0 Å². The third-order valence-electron chi connectivity index (χ3n) is 2.31. The van der Waals surface area contributed by atoms with E-state index in [2.05, 4.69) is 21.2 Å². The molecule has 0 bridgehead atoms. The summed E-state index contributed by atoms with van der Waals surface area (Å²) in [7, 11) is 3.53. The van der Waals surface area contributed by atoms with Crippen LogP contribution in [0.5, 0.6) is 0 Å².